The Balaban J connectivity index is 1.49. The van der Waals surface area contributed by atoms with Gasteiger partial charge in [-0.1, -0.05) is 36.0 Å². The molecule has 30 heavy (non-hydrogen) atoms. The van der Waals surface area contributed by atoms with Crippen molar-refractivity contribution in [1.82, 2.24) is 19.7 Å². The van der Waals surface area contributed by atoms with E-state index in [1.807, 2.05) is 11.3 Å². The highest BCUT2D eigenvalue weighted by Gasteiger charge is 2.22. The van der Waals surface area contributed by atoms with Crippen LogP contribution in [0.2, 0.25) is 0 Å². The maximum Gasteiger partial charge on any atom is 0.191 e. The molecule has 0 saturated carbocycles. The molecular weight excluding hydrogens is 412 g/mol. The van der Waals surface area contributed by atoms with Gasteiger partial charge in [0, 0.05) is 23.8 Å². The van der Waals surface area contributed by atoms with Crippen LogP contribution in [0.25, 0.3) is 0 Å². The highest BCUT2D eigenvalue weighted by Crippen LogP contribution is 2.26. The second-order valence-corrected chi connectivity index (χ2v) is 10.0. The number of aromatic nitrogens is 3. The van der Waals surface area contributed by atoms with Crippen molar-refractivity contribution in [3.63, 3.8) is 0 Å². The summed E-state index contributed by atoms with van der Waals surface area (Å²) in [5.41, 5.74) is 4.03. The first kappa shape index (κ1) is 21.6. The monoisotopic (exact) mass is 442 g/mol. The number of aryl methyl sites for hydroxylation is 2. The quantitative estimate of drug-likeness (QED) is 0.433. The van der Waals surface area contributed by atoms with Crippen molar-refractivity contribution in [2.75, 3.05) is 13.7 Å². The number of rotatable bonds is 9. The van der Waals surface area contributed by atoms with E-state index in [2.05, 4.69) is 76.3 Å². The molecule has 4 rings (SSSR count). The number of benzene rings is 1. The molecule has 3 aromatic rings. The van der Waals surface area contributed by atoms with Gasteiger partial charge in [-0.2, -0.15) is 0 Å². The van der Waals surface area contributed by atoms with Gasteiger partial charge in [-0.25, -0.2) is 0 Å². The molecule has 1 saturated heterocycles. The average Bonchev–Trinajstić information content (AvgIpc) is 3.46. The van der Waals surface area contributed by atoms with E-state index in [0.29, 0.717) is 0 Å². The van der Waals surface area contributed by atoms with Crippen molar-refractivity contribution in [3.8, 4) is 0 Å². The molecule has 1 aliphatic rings. The molecule has 0 aliphatic carbocycles. The smallest absolute Gasteiger partial charge is 0.191 e. The van der Waals surface area contributed by atoms with Crippen LogP contribution in [0, 0.1) is 13.8 Å². The summed E-state index contributed by atoms with van der Waals surface area (Å²) in [5.74, 6) is 1.93. The molecule has 5 nitrogen and oxygen atoms in total. The molecule has 0 N–H and O–H groups in total. The fourth-order valence-electron chi connectivity index (χ4n) is 3.74. The van der Waals surface area contributed by atoms with Crippen molar-refractivity contribution in [1.29, 1.82) is 0 Å². The molecule has 160 valence electrons. The van der Waals surface area contributed by atoms with Crippen LogP contribution in [-0.4, -0.2) is 39.4 Å². The van der Waals surface area contributed by atoms with Gasteiger partial charge < -0.3 is 9.30 Å². The normalized spacial score (nSPS) is 16.6. The SMILES string of the molecule is Cc1ccccc1CSc1nnc(CN(C)Cc2sccc2C)n1CC1CCCO1. The summed E-state index contributed by atoms with van der Waals surface area (Å²) in [4.78, 5) is 3.74. The Kier molecular flexibility index (Phi) is 7.25. The number of ether oxygens (including phenoxy) is 1. The van der Waals surface area contributed by atoms with Crippen molar-refractivity contribution >= 4 is 23.1 Å². The Labute approximate surface area is 187 Å². The Bertz CT molecular complexity index is 962. The van der Waals surface area contributed by atoms with Crippen LogP contribution >= 0.6 is 23.1 Å². The minimum atomic E-state index is 0.266. The van der Waals surface area contributed by atoms with Crippen molar-refractivity contribution in [3.05, 3.63) is 63.1 Å². The zero-order chi connectivity index (χ0) is 20.9. The predicted molar refractivity (Wildman–Crippen MR) is 124 cm³/mol. The molecular formula is C23H30N4OS2. The zero-order valence-corrected chi connectivity index (χ0v) is 19.6. The zero-order valence-electron chi connectivity index (χ0n) is 18.0. The molecule has 1 aromatic carbocycles. The predicted octanol–water partition coefficient (Wildman–Crippen LogP) is 5.06. The first-order chi connectivity index (χ1) is 14.6. The highest BCUT2D eigenvalue weighted by atomic mass is 32.2. The number of nitrogens with zero attached hydrogens (tertiary/aromatic N) is 4. The van der Waals surface area contributed by atoms with E-state index in [9.17, 15) is 0 Å². The van der Waals surface area contributed by atoms with E-state index >= 15 is 0 Å². The van der Waals surface area contributed by atoms with Crippen LogP contribution in [0.1, 0.15) is 40.2 Å². The minimum Gasteiger partial charge on any atom is -0.376 e. The Hall–Kier alpha value is -1.67. The summed E-state index contributed by atoms with van der Waals surface area (Å²) < 4.78 is 8.21. The van der Waals surface area contributed by atoms with Gasteiger partial charge in [0.05, 0.1) is 19.2 Å². The van der Waals surface area contributed by atoms with E-state index in [1.54, 1.807) is 11.8 Å². The second-order valence-electron chi connectivity index (χ2n) is 8.06. The van der Waals surface area contributed by atoms with Gasteiger partial charge in [0.1, 0.15) is 5.82 Å². The highest BCUT2D eigenvalue weighted by molar-refractivity contribution is 7.98. The lowest BCUT2D eigenvalue weighted by Crippen LogP contribution is -2.23. The summed E-state index contributed by atoms with van der Waals surface area (Å²) in [5, 5.41) is 12.3. The van der Waals surface area contributed by atoms with E-state index in [-0.39, 0.29) is 6.10 Å². The standard InChI is InChI=1S/C23H30N4OS2/c1-17-7-4-5-8-19(17)16-30-23-25-24-22(27(23)13-20-9-6-11-28-20)15-26(3)14-21-18(2)10-12-29-21/h4-5,7-8,10,12,20H,6,9,11,13-16H2,1-3H3. The molecule has 1 atom stereocenters. The molecule has 1 aliphatic heterocycles. The Morgan fingerprint density at radius 1 is 1.17 bits per heavy atom. The van der Waals surface area contributed by atoms with Gasteiger partial charge in [-0.3, -0.25) is 4.90 Å². The van der Waals surface area contributed by atoms with E-state index in [1.165, 1.54) is 21.6 Å². The van der Waals surface area contributed by atoms with Gasteiger partial charge in [0.25, 0.3) is 0 Å². The third-order valence-electron chi connectivity index (χ3n) is 5.61. The van der Waals surface area contributed by atoms with Crippen LogP contribution in [-0.2, 0) is 30.1 Å². The van der Waals surface area contributed by atoms with Gasteiger partial charge in [-0.05, 0) is 61.9 Å². The number of thioether (sulfide) groups is 1. The Morgan fingerprint density at radius 3 is 2.77 bits per heavy atom. The molecule has 1 fully saturated rings. The van der Waals surface area contributed by atoms with E-state index < -0.39 is 0 Å². The van der Waals surface area contributed by atoms with Crippen LogP contribution < -0.4 is 0 Å². The molecule has 0 radical (unpaired) electrons. The lowest BCUT2D eigenvalue weighted by Gasteiger charge is -2.19. The summed E-state index contributed by atoms with van der Waals surface area (Å²) in [7, 11) is 2.16. The van der Waals surface area contributed by atoms with Crippen molar-refractivity contribution in [2.24, 2.45) is 0 Å². The average molecular weight is 443 g/mol. The molecule has 0 spiro atoms. The fraction of sp³-hybridized carbons (Fsp3) is 0.478. The van der Waals surface area contributed by atoms with E-state index in [0.717, 1.165) is 55.8 Å². The molecule has 0 amide bonds. The van der Waals surface area contributed by atoms with Crippen LogP contribution in [0.15, 0.2) is 40.9 Å². The summed E-state index contributed by atoms with van der Waals surface area (Å²) in [6.45, 7) is 7.76. The van der Waals surface area contributed by atoms with Crippen LogP contribution in [0.3, 0.4) is 0 Å². The molecule has 1 unspecified atom stereocenters. The summed E-state index contributed by atoms with van der Waals surface area (Å²) in [6.07, 6.45) is 2.53. The van der Waals surface area contributed by atoms with Crippen molar-refractivity contribution in [2.45, 2.75) is 63.3 Å². The second kappa shape index (κ2) is 10.1. The van der Waals surface area contributed by atoms with Crippen molar-refractivity contribution < 1.29 is 4.74 Å². The Morgan fingerprint density at radius 2 is 2.03 bits per heavy atom. The molecule has 2 aromatic heterocycles. The molecule has 7 heteroatoms. The van der Waals surface area contributed by atoms with Gasteiger partial charge in [-0.15, -0.1) is 21.5 Å². The molecule has 3 heterocycles. The maximum atomic E-state index is 5.93. The number of hydrogen-bond donors (Lipinski definition) is 0. The first-order valence-corrected chi connectivity index (χ1v) is 12.4. The molecule has 0 bridgehead atoms. The summed E-state index contributed by atoms with van der Waals surface area (Å²) in [6, 6.07) is 10.7. The number of thiophene rings is 1. The first-order valence-electron chi connectivity index (χ1n) is 10.5. The maximum absolute atomic E-state index is 5.93. The van der Waals surface area contributed by atoms with Gasteiger partial charge in [0.15, 0.2) is 5.16 Å². The van der Waals surface area contributed by atoms with Crippen LogP contribution in [0.5, 0.6) is 0 Å². The summed E-state index contributed by atoms with van der Waals surface area (Å²) >= 11 is 3.59. The van der Waals surface area contributed by atoms with Crippen LogP contribution in [0.4, 0.5) is 0 Å². The van der Waals surface area contributed by atoms with E-state index in [4.69, 9.17) is 4.74 Å². The third kappa shape index (κ3) is 5.32. The van der Waals surface area contributed by atoms with Gasteiger partial charge >= 0.3 is 0 Å². The minimum absolute atomic E-state index is 0.266. The number of hydrogen-bond acceptors (Lipinski definition) is 6. The lowest BCUT2D eigenvalue weighted by molar-refractivity contribution is 0.0934. The fourth-order valence-corrected chi connectivity index (χ4v) is 5.77. The van der Waals surface area contributed by atoms with Gasteiger partial charge in [0.2, 0.25) is 0 Å². The largest absolute Gasteiger partial charge is 0.376 e. The topological polar surface area (TPSA) is 43.2 Å². The lowest BCUT2D eigenvalue weighted by atomic mass is 10.1. The third-order valence-corrected chi connectivity index (χ3v) is 7.64.